The van der Waals surface area contributed by atoms with Crippen LogP contribution in [0.2, 0.25) is 0 Å². The first-order valence-corrected chi connectivity index (χ1v) is 4.95. The van der Waals surface area contributed by atoms with Gasteiger partial charge in [0.15, 0.2) is 0 Å². The Balaban J connectivity index is 2.26. The smallest absolute Gasteiger partial charge is 0.316 e. The third-order valence-electron chi connectivity index (χ3n) is 2.35. The molecule has 0 aliphatic carbocycles. The van der Waals surface area contributed by atoms with Crippen LogP contribution in [0.4, 0.5) is 0 Å². The van der Waals surface area contributed by atoms with Gasteiger partial charge in [-0.25, -0.2) is 0 Å². The number of hydrogen-bond acceptors (Lipinski definition) is 3. The van der Waals surface area contributed by atoms with Crippen LogP contribution in [0.3, 0.4) is 0 Å². The normalized spacial score (nSPS) is 21.6. The maximum Gasteiger partial charge on any atom is 0.316 e. The monoisotopic (exact) mass is 184 g/mol. The lowest BCUT2D eigenvalue weighted by Gasteiger charge is -2.03. The first-order valence-electron chi connectivity index (χ1n) is 4.95. The molecule has 3 nitrogen and oxygen atoms in total. The summed E-state index contributed by atoms with van der Waals surface area (Å²) >= 11 is 0. The van der Waals surface area contributed by atoms with Gasteiger partial charge in [-0.3, -0.25) is 9.59 Å². The molecular formula is C10H16O3. The number of ether oxygens (including phenoxy) is 1. The molecule has 74 valence electrons. The highest BCUT2D eigenvalue weighted by Gasteiger charge is 2.32. The van der Waals surface area contributed by atoms with E-state index in [1.807, 2.05) is 0 Å². The molecule has 1 rings (SSSR count). The van der Waals surface area contributed by atoms with E-state index in [1.54, 1.807) is 0 Å². The predicted molar refractivity (Wildman–Crippen MR) is 48.2 cm³/mol. The SMILES string of the molecule is CCCCCC(=O)C1CCOC1=O. The minimum atomic E-state index is -0.447. The molecule has 1 aliphatic rings. The molecule has 0 aromatic heterocycles. The van der Waals surface area contributed by atoms with Gasteiger partial charge < -0.3 is 4.74 Å². The average molecular weight is 184 g/mol. The molecule has 1 aliphatic heterocycles. The zero-order valence-electron chi connectivity index (χ0n) is 8.04. The molecule has 0 saturated carbocycles. The summed E-state index contributed by atoms with van der Waals surface area (Å²) in [5.74, 6) is -0.700. The minimum absolute atomic E-state index is 0.0657. The first-order chi connectivity index (χ1) is 6.25. The zero-order chi connectivity index (χ0) is 9.68. The Labute approximate surface area is 78.5 Å². The van der Waals surface area contributed by atoms with Crippen LogP contribution in [0, 0.1) is 5.92 Å². The molecule has 1 atom stereocenters. The molecule has 0 spiro atoms. The van der Waals surface area contributed by atoms with E-state index in [1.165, 1.54) is 0 Å². The van der Waals surface area contributed by atoms with E-state index in [9.17, 15) is 9.59 Å². The van der Waals surface area contributed by atoms with Crippen molar-refractivity contribution < 1.29 is 14.3 Å². The predicted octanol–water partition coefficient (Wildman–Crippen LogP) is 1.70. The Morgan fingerprint density at radius 1 is 1.54 bits per heavy atom. The van der Waals surface area contributed by atoms with Crippen molar-refractivity contribution in [1.82, 2.24) is 0 Å². The molecule has 3 heteroatoms. The maximum atomic E-state index is 11.4. The van der Waals surface area contributed by atoms with Gasteiger partial charge in [-0.1, -0.05) is 19.8 Å². The highest BCUT2D eigenvalue weighted by molar-refractivity contribution is 5.99. The van der Waals surface area contributed by atoms with Gasteiger partial charge in [-0.2, -0.15) is 0 Å². The fourth-order valence-corrected chi connectivity index (χ4v) is 1.51. The maximum absolute atomic E-state index is 11.4. The number of esters is 1. The molecule has 0 bridgehead atoms. The zero-order valence-corrected chi connectivity index (χ0v) is 8.04. The number of carbonyl (C=O) groups is 2. The lowest BCUT2D eigenvalue weighted by molar-refractivity contribution is -0.144. The summed E-state index contributed by atoms with van der Waals surface area (Å²) in [4.78, 5) is 22.4. The number of unbranched alkanes of at least 4 members (excludes halogenated alkanes) is 2. The van der Waals surface area contributed by atoms with Gasteiger partial charge in [0.25, 0.3) is 0 Å². The van der Waals surface area contributed by atoms with Crippen LogP contribution >= 0.6 is 0 Å². The Kier molecular flexibility index (Phi) is 3.93. The average Bonchev–Trinajstić information content (AvgIpc) is 2.52. The fraction of sp³-hybridized carbons (Fsp3) is 0.800. The van der Waals surface area contributed by atoms with Crippen LogP contribution in [0.1, 0.15) is 39.0 Å². The second kappa shape index (κ2) is 5.00. The quantitative estimate of drug-likeness (QED) is 0.371. The van der Waals surface area contributed by atoms with E-state index in [-0.39, 0.29) is 11.8 Å². The van der Waals surface area contributed by atoms with Crippen molar-refractivity contribution in [3.63, 3.8) is 0 Å². The van der Waals surface area contributed by atoms with Crippen LogP contribution in [0.25, 0.3) is 0 Å². The van der Waals surface area contributed by atoms with Crippen molar-refractivity contribution in [3.8, 4) is 0 Å². The molecule has 1 saturated heterocycles. The second-order valence-electron chi connectivity index (χ2n) is 3.43. The summed E-state index contributed by atoms with van der Waals surface area (Å²) < 4.78 is 4.73. The molecule has 13 heavy (non-hydrogen) atoms. The van der Waals surface area contributed by atoms with Gasteiger partial charge in [0.05, 0.1) is 6.61 Å². The third kappa shape index (κ3) is 2.83. The summed E-state index contributed by atoms with van der Waals surface area (Å²) in [6.45, 7) is 2.51. The Morgan fingerprint density at radius 2 is 2.31 bits per heavy atom. The van der Waals surface area contributed by atoms with Gasteiger partial charge in [-0.15, -0.1) is 0 Å². The summed E-state index contributed by atoms with van der Waals surface area (Å²) in [6, 6.07) is 0. The fourth-order valence-electron chi connectivity index (χ4n) is 1.51. The van der Waals surface area contributed by atoms with Crippen molar-refractivity contribution in [1.29, 1.82) is 0 Å². The number of hydrogen-bond donors (Lipinski definition) is 0. The van der Waals surface area contributed by atoms with Gasteiger partial charge in [0.2, 0.25) is 0 Å². The van der Waals surface area contributed by atoms with Crippen molar-refractivity contribution in [2.75, 3.05) is 6.61 Å². The number of ketones is 1. The van der Waals surface area contributed by atoms with Crippen LogP contribution in [0.15, 0.2) is 0 Å². The Bertz CT molecular complexity index is 198. The van der Waals surface area contributed by atoms with Crippen LogP contribution in [0.5, 0.6) is 0 Å². The van der Waals surface area contributed by atoms with Crippen LogP contribution in [-0.2, 0) is 14.3 Å². The number of carbonyl (C=O) groups excluding carboxylic acids is 2. The van der Waals surface area contributed by atoms with Gasteiger partial charge in [-0.05, 0) is 6.42 Å². The number of rotatable bonds is 5. The minimum Gasteiger partial charge on any atom is -0.465 e. The van der Waals surface area contributed by atoms with Crippen molar-refractivity contribution in [2.45, 2.75) is 39.0 Å². The molecule has 0 N–H and O–H groups in total. The molecule has 0 amide bonds. The van der Waals surface area contributed by atoms with E-state index >= 15 is 0 Å². The van der Waals surface area contributed by atoms with E-state index in [0.29, 0.717) is 19.4 Å². The highest BCUT2D eigenvalue weighted by Crippen LogP contribution is 2.18. The lowest BCUT2D eigenvalue weighted by atomic mass is 9.98. The van der Waals surface area contributed by atoms with Crippen molar-refractivity contribution in [2.24, 2.45) is 5.92 Å². The third-order valence-corrected chi connectivity index (χ3v) is 2.35. The molecule has 1 fully saturated rings. The highest BCUT2D eigenvalue weighted by atomic mass is 16.5. The van der Waals surface area contributed by atoms with E-state index in [0.717, 1.165) is 19.3 Å². The summed E-state index contributed by atoms with van der Waals surface area (Å²) in [7, 11) is 0. The molecule has 0 radical (unpaired) electrons. The van der Waals surface area contributed by atoms with E-state index in [2.05, 4.69) is 6.92 Å². The lowest BCUT2D eigenvalue weighted by Crippen LogP contribution is -2.18. The first kappa shape index (κ1) is 10.2. The molecule has 1 heterocycles. The number of Topliss-reactive ketones (excluding diaryl/α,β-unsaturated/α-hetero) is 1. The van der Waals surface area contributed by atoms with Crippen molar-refractivity contribution >= 4 is 11.8 Å². The van der Waals surface area contributed by atoms with Gasteiger partial charge >= 0.3 is 5.97 Å². The van der Waals surface area contributed by atoms with E-state index in [4.69, 9.17) is 4.74 Å². The molecule has 0 aromatic carbocycles. The number of cyclic esters (lactones) is 1. The van der Waals surface area contributed by atoms with Crippen molar-refractivity contribution in [3.05, 3.63) is 0 Å². The van der Waals surface area contributed by atoms with Gasteiger partial charge in [0, 0.05) is 12.8 Å². The Hall–Kier alpha value is -0.860. The van der Waals surface area contributed by atoms with E-state index < -0.39 is 5.92 Å². The summed E-state index contributed by atoms with van der Waals surface area (Å²) in [5.41, 5.74) is 0. The molecule has 0 aromatic rings. The largest absolute Gasteiger partial charge is 0.465 e. The van der Waals surface area contributed by atoms with Crippen LogP contribution in [-0.4, -0.2) is 18.4 Å². The Morgan fingerprint density at radius 3 is 2.85 bits per heavy atom. The molecule has 1 unspecified atom stereocenters. The second-order valence-corrected chi connectivity index (χ2v) is 3.43. The summed E-state index contributed by atoms with van der Waals surface area (Å²) in [6.07, 6.45) is 4.19. The topological polar surface area (TPSA) is 43.4 Å². The molecular weight excluding hydrogens is 168 g/mol. The van der Waals surface area contributed by atoms with Gasteiger partial charge in [0.1, 0.15) is 11.7 Å². The standard InChI is InChI=1S/C10H16O3/c1-2-3-4-5-9(11)8-6-7-13-10(8)12/h8H,2-7H2,1H3. The van der Waals surface area contributed by atoms with Crippen LogP contribution < -0.4 is 0 Å². The summed E-state index contributed by atoms with van der Waals surface area (Å²) in [5, 5.41) is 0.